The molecule has 6 heteroatoms. The number of ether oxygens (including phenoxy) is 1. The third-order valence-electron chi connectivity index (χ3n) is 2.18. The van der Waals surface area contributed by atoms with E-state index in [0.29, 0.717) is 15.7 Å². The maximum absolute atomic E-state index is 11.8. The van der Waals surface area contributed by atoms with Gasteiger partial charge in [-0.3, -0.25) is 4.79 Å². The first-order valence-corrected chi connectivity index (χ1v) is 5.69. The van der Waals surface area contributed by atoms with E-state index in [0.717, 1.165) is 0 Å². The van der Waals surface area contributed by atoms with Crippen LogP contribution in [0.1, 0.15) is 17.3 Å². The Kier molecular flexibility index (Phi) is 4.51. The lowest BCUT2D eigenvalue weighted by Gasteiger charge is -2.12. The summed E-state index contributed by atoms with van der Waals surface area (Å²) in [5.74, 6) is -0.888. The summed E-state index contributed by atoms with van der Waals surface area (Å²) in [4.78, 5) is 23.0. The largest absolute Gasteiger partial charge is 0.467 e. The summed E-state index contributed by atoms with van der Waals surface area (Å²) in [6, 6.07) is 4.24. The van der Waals surface area contributed by atoms with Crippen LogP contribution in [0.2, 0.25) is 0 Å². The van der Waals surface area contributed by atoms with Crippen LogP contribution in [-0.2, 0) is 9.53 Å². The average molecular weight is 301 g/mol. The van der Waals surface area contributed by atoms with Gasteiger partial charge in [-0.1, -0.05) is 6.07 Å². The van der Waals surface area contributed by atoms with Gasteiger partial charge in [-0.05, 0) is 35.0 Å². The molecule has 0 aliphatic heterocycles. The van der Waals surface area contributed by atoms with Gasteiger partial charge in [-0.25, -0.2) is 4.79 Å². The van der Waals surface area contributed by atoms with E-state index in [-0.39, 0.29) is 5.91 Å². The molecule has 1 unspecified atom stereocenters. The Morgan fingerprint density at radius 1 is 1.47 bits per heavy atom. The number of nitrogens with two attached hydrogens (primary N) is 1. The minimum absolute atomic E-state index is 0.376. The second kappa shape index (κ2) is 5.67. The van der Waals surface area contributed by atoms with Crippen LogP contribution >= 0.6 is 15.9 Å². The lowest BCUT2D eigenvalue weighted by Crippen LogP contribution is -2.39. The molecule has 0 spiro atoms. The van der Waals surface area contributed by atoms with Crippen molar-refractivity contribution < 1.29 is 14.3 Å². The standard InChI is InChI=1S/C11H13BrN2O3/c1-6(11(16)17-2)14-10(15)7-4-3-5-8(13)9(7)12/h3-6H,13H2,1-2H3,(H,14,15). The van der Waals surface area contributed by atoms with Crippen LogP contribution in [0.5, 0.6) is 0 Å². The number of methoxy groups -OCH3 is 1. The number of benzene rings is 1. The van der Waals surface area contributed by atoms with Crippen molar-refractivity contribution in [3.8, 4) is 0 Å². The number of carbonyl (C=O) groups excluding carboxylic acids is 2. The highest BCUT2D eigenvalue weighted by Gasteiger charge is 2.18. The molecule has 0 heterocycles. The Bertz CT molecular complexity index is 448. The molecule has 1 amide bonds. The van der Waals surface area contributed by atoms with Crippen LogP contribution in [0.4, 0.5) is 5.69 Å². The van der Waals surface area contributed by atoms with Gasteiger partial charge in [0.15, 0.2) is 0 Å². The number of amides is 1. The van der Waals surface area contributed by atoms with Crippen LogP contribution in [0.3, 0.4) is 0 Å². The highest BCUT2D eigenvalue weighted by atomic mass is 79.9. The summed E-state index contributed by atoms with van der Waals surface area (Å²) < 4.78 is 5.02. The van der Waals surface area contributed by atoms with Crippen LogP contribution in [0.15, 0.2) is 22.7 Å². The van der Waals surface area contributed by atoms with Gasteiger partial charge < -0.3 is 15.8 Å². The molecule has 0 saturated carbocycles. The van der Waals surface area contributed by atoms with Crippen molar-refractivity contribution in [2.45, 2.75) is 13.0 Å². The molecule has 0 aliphatic carbocycles. The number of anilines is 1. The first-order chi connectivity index (χ1) is 7.97. The molecule has 0 aliphatic rings. The number of halogens is 1. The second-order valence-electron chi connectivity index (χ2n) is 3.43. The average Bonchev–Trinajstić information content (AvgIpc) is 2.31. The van der Waals surface area contributed by atoms with Gasteiger partial charge in [0.1, 0.15) is 6.04 Å². The molecule has 1 aromatic rings. The van der Waals surface area contributed by atoms with Crippen molar-refractivity contribution in [1.29, 1.82) is 0 Å². The maximum Gasteiger partial charge on any atom is 0.328 e. The molecule has 0 saturated heterocycles. The molecule has 1 rings (SSSR count). The third kappa shape index (κ3) is 3.20. The quantitative estimate of drug-likeness (QED) is 0.652. The predicted octanol–water partition coefficient (Wildman–Crippen LogP) is 1.32. The SMILES string of the molecule is COC(=O)C(C)NC(=O)c1cccc(N)c1Br. The molecule has 3 N–H and O–H groups in total. The fourth-order valence-corrected chi connectivity index (χ4v) is 1.68. The highest BCUT2D eigenvalue weighted by Crippen LogP contribution is 2.23. The normalized spacial score (nSPS) is 11.7. The summed E-state index contributed by atoms with van der Waals surface area (Å²) >= 11 is 3.22. The zero-order chi connectivity index (χ0) is 13.0. The smallest absolute Gasteiger partial charge is 0.328 e. The van der Waals surface area contributed by atoms with Gasteiger partial charge in [-0.2, -0.15) is 0 Å². The molecule has 1 atom stereocenters. The summed E-state index contributed by atoms with van der Waals surface area (Å²) in [5, 5.41) is 2.52. The Morgan fingerprint density at radius 2 is 2.12 bits per heavy atom. The maximum atomic E-state index is 11.8. The number of esters is 1. The van der Waals surface area contributed by atoms with Gasteiger partial charge in [0.25, 0.3) is 5.91 Å². The van der Waals surface area contributed by atoms with Crippen molar-refractivity contribution in [3.63, 3.8) is 0 Å². The number of rotatable bonds is 3. The number of hydrogen-bond donors (Lipinski definition) is 2. The van der Waals surface area contributed by atoms with E-state index in [1.54, 1.807) is 25.1 Å². The molecule has 0 radical (unpaired) electrons. The Morgan fingerprint density at radius 3 is 2.71 bits per heavy atom. The van der Waals surface area contributed by atoms with Crippen LogP contribution in [0, 0.1) is 0 Å². The lowest BCUT2D eigenvalue weighted by atomic mass is 10.2. The molecule has 5 nitrogen and oxygen atoms in total. The number of nitrogens with one attached hydrogen (secondary N) is 1. The summed E-state index contributed by atoms with van der Waals surface area (Å²) in [6.07, 6.45) is 0. The van der Waals surface area contributed by atoms with Crippen molar-refractivity contribution in [2.24, 2.45) is 0 Å². The van der Waals surface area contributed by atoms with Crippen molar-refractivity contribution in [3.05, 3.63) is 28.2 Å². The summed E-state index contributed by atoms with van der Waals surface area (Å²) in [5.41, 5.74) is 6.49. The summed E-state index contributed by atoms with van der Waals surface area (Å²) in [7, 11) is 1.27. The topological polar surface area (TPSA) is 81.4 Å². The molecular formula is C11H13BrN2O3. The van der Waals surface area contributed by atoms with E-state index >= 15 is 0 Å². The van der Waals surface area contributed by atoms with Crippen molar-refractivity contribution in [2.75, 3.05) is 12.8 Å². The van der Waals surface area contributed by atoms with Crippen LogP contribution in [-0.4, -0.2) is 25.0 Å². The molecule has 0 aromatic heterocycles. The van der Waals surface area contributed by atoms with Gasteiger partial charge in [0, 0.05) is 5.69 Å². The fraction of sp³-hybridized carbons (Fsp3) is 0.273. The predicted molar refractivity (Wildman–Crippen MR) is 67.5 cm³/mol. The van der Waals surface area contributed by atoms with Crippen molar-refractivity contribution in [1.82, 2.24) is 5.32 Å². The van der Waals surface area contributed by atoms with Crippen LogP contribution < -0.4 is 11.1 Å². The third-order valence-corrected chi connectivity index (χ3v) is 3.06. The van der Waals surface area contributed by atoms with Crippen LogP contribution in [0.25, 0.3) is 0 Å². The number of carbonyl (C=O) groups is 2. The van der Waals surface area contributed by atoms with Gasteiger partial charge in [0.05, 0.1) is 17.1 Å². The fourth-order valence-electron chi connectivity index (χ4n) is 1.24. The van der Waals surface area contributed by atoms with Gasteiger partial charge >= 0.3 is 5.97 Å². The number of nitrogen functional groups attached to an aromatic ring is 1. The van der Waals surface area contributed by atoms with E-state index in [4.69, 9.17) is 5.73 Å². The highest BCUT2D eigenvalue weighted by molar-refractivity contribution is 9.10. The molecule has 92 valence electrons. The Balaban J connectivity index is 2.84. The second-order valence-corrected chi connectivity index (χ2v) is 4.22. The monoisotopic (exact) mass is 300 g/mol. The van der Waals surface area contributed by atoms with E-state index < -0.39 is 12.0 Å². The van der Waals surface area contributed by atoms with E-state index in [1.165, 1.54) is 7.11 Å². The first-order valence-electron chi connectivity index (χ1n) is 4.90. The molecule has 17 heavy (non-hydrogen) atoms. The van der Waals surface area contributed by atoms with E-state index in [1.807, 2.05) is 0 Å². The van der Waals surface area contributed by atoms with E-state index in [9.17, 15) is 9.59 Å². The Labute approximate surface area is 107 Å². The molecule has 1 aromatic carbocycles. The first kappa shape index (κ1) is 13.5. The molecule has 0 fully saturated rings. The minimum atomic E-state index is -0.708. The minimum Gasteiger partial charge on any atom is -0.467 e. The molecule has 0 bridgehead atoms. The Hall–Kier alpha value is -1.56. The van der Waals surface area contributed by atoms with Crippen molar-refractivity contribution >= 4 is 33.5 Å². The van der Waals surface area contributed by atoms with E-state index in [2.05, 4.69) is 26.0 Å². The van der Waals surface area contributed by atoms with Gasteiger partial charge in [0.2, 0.25) is 0 Å². The van der Waals surface area contributed by atoms with Gasteiger partial charge in [-0.15, -0.1) is 0 Å². The lowest BCUT2D eigenvalue weighted by molar-refractivity contribution is -0.142. The summed E-state index contributed by atoms with van der Waals surface area (Å²) in [6.45, 7) is 1.55. The zero-order valence-electron chi connectivity index (χ0n) is 9.49. The zero-order valence-corrected chi connectivity index (χ0v) is 11.1. The molecular weight excluding hydrogens is 288 g/mol. The number of hydrogen-bond acceptors (Lipinski definition) is 4.